The fourth-order valence-corrected chi connectivity index (χ4v) is 5.18. The lowest BCUT2D eigenvalue weighted by atomic mass is 10.2. The molecule has 0 radical (unpaired) electrons. The number of anilines is 2. The van der Waals surface area contributed by atoms with Crippen molar-refractivity contribution < 1.29 is 13.2 Å². The minimum Gasteiger partial charge on any atom is -0.369 e. The first-order chi connectivity index (χ1) is 14.9. The van der Waals surface area contributed by atoms with E-state index in [9.17, 15) is 13.2 Å². The van der Waals surface area contributed by atoms with E-state index in [0.29, 0.717) is 36.9 Å². The van der Waals surface area contributed by atoms with Crippen LogP contribution in [-0.2, 0) is 10.0 Å². The molecule has 0 atom stereocenters. The highest BCUT2D eigenvalue weighted by Gasteiger charge is 2.29. The van der Waals surface area contributed by atoms with Crippen LogP contribution in [0, 0.1) is 0 Å². The predicted octanol–water partition coefficient (Wildman–Crippen LogP) is 4.10. The van der Waals surface area contributed by atoms with Crippen molar-refractivity contribution in [2.24, 2.45) is 0 Å². The number of carbonyl (C=O) groups is 1. The molecule has 1 saturated heterocycles. The summed E-state index contributed by atoms with van der Waals surface area (Å²) in [5.74, 6) is -0.418. The Morgan fingerprint density at radius 1 is 0.839 bits per heavy atom. The van der Waals surface area contributed by atoms with E-state index < -0.39 is 15.9 Å². The molecule has 4 rings (SSSR count). The molecule has 0 saturated carbocycles. The summed E-state index contributed by atoms with van der Waals surface area (Å²) in [5, 5.41) is 3.14. The number of carbonyl (C=O) groups excluding carboxylic acids is 1. The Morgan fingerprint density at radius 3 is 2.23 bits per heavy atom. The normalized spacial score (nSPS) is 14.9. The number of sulfonamides is 1. The molecule has 1 amide bonds. The van der Waals surface area contributed by atoms with Crippen molar-refractivity contribution in [1.29, 1.82) is 0 Å². The van der Waals surface area contributed by atoms with Gasteiger partial charge in [-0.3, -0.25) is 4.79 Å². The fraction of sp³-hybridized carbons (Fsp3) is 0.174. The summed E-state index contributed by atoms with van der Waals surface area (Å²) in [4.78, 5) is 14.9. The molecular formula is C23H22ClN3O3S. The number of para-hydroxylation sites is 2. The summed E-state index contributed by atoms with van der Waals surface area (Å²) in [6.45, 7) is 1.98. The molecule has 1 fully saturated rings. The average molecular weight is 456 g/mol. The number of halogens is 1. The second kappa shape index (κ2) is 9.09. The number of nitrogens with zero attached hydrogens (tertiary/aromatic N) is 2. The van der Waals surface area contributed by atoms with Crippen molar-refractivity contribution in [2.45, 2.75) is 4.90 Å². The van der Waals surface area contributed by atoms with Crippen LogP contribution in [0.4, 0.5) is 11.4 Å². The van der Waals surface area contributed by atoms with Crippen LogP contribution in [0.2, 0.25) is 5.02 Å². The third-order valence-electron chi connectivity index (χ3n) is 5.22. The molecule has 0 spiro atoms. The maximum atomic E-state index is 13.2. The van der Waals surface area contributed by atoms with Gasteiger partial charge in [-0.2, -0.15) is 4.31 Å². The third-order valence-corrected chi connectivity index (χ3v) is 7.44. The van der Waals surface area contributed by atoms with Crippen LogP contribution in [0.15, 0.2) is 83.8 Å². The molecule has 1 N–H and O–H groups in total. The van der Waals surface area contributed by atoms with Crippen molar-refractivity contribution in [3.63, 3.8) is 0 Å². The van der Waals surface area contributed by atoms with E-state index in [1.54, 1.807) is 36.4 Å². The van der Waals surface area contributed by atoms with Gasteiger partial charge in [-0.05, 0) is 42.5 Å². The van der Waals surface area contributed by atoms with Crippen molar-refractivity contribution in [3.8, 4) is 0 Å². The molecule has 6 nitrogen and oxygen atoms in total. The van der Waals surface area contributed by atoms with Crippen LogP contribution >= 0.6 is 11.6 Å². The van der Waals surface area contributed by atoms with Crippen molar-refractivity contribution in [1.82, 2.24) is 4.31 Å². The van der Waals surface area contributed by atoms with Gasteiger partial charge in [0.2, 0.25) is 10.0 Å². The van der Waals surface area contributed by atoms with Crippen LogP contribution in [-0.4, -0.2) is 44.8 Å². The number of hydrogen-bond donors (Lipinski definition) is 1. The predicted molar refractivity (Wildman–Crippen MR) is 123 cm³/mol. The molecule has 8 heteroatoms. The lowest BCUT2D eigenvalue weighted by Gasteiger charge is -2.35. The van der Waals surface area contributed by atoms with Crippen LogP contribution in [0.3, 0.4) is 0 Å². The summed E-state index contributed by atoms with van der Waals surface area (Å²) < 4.78 is 27.8. The number of benzene rings is 3. The molecular weight excluding hydrogens is 434 g/mol. The highest BCUT2D eigenvalue weighted by Crippen LogP contribution is 2.24. The molecule has 0 aromatic heterocycles. The second-order valence-corrected chi connectivity index (χ2v) is 9.53. The Morgan fingerprint density at radius 2 is 1.52 bits per heavy atom. The van der Waals surface area contributed by atoms with Crippen molar-refractivity contribution >= 4 is 38.9 Å². The van der Waals surface area contributed by atoms with Crippen molar-refractivity contribution in [3.05, 3.63) is 89.4 Å². The topological polar surface area (TPSA) is 69.7 Å². The lowest BCUT2D eigenvalue weighted by molar-refractivity contribution is 0.102. The van der Waals surface area contributed by atoms with Gasteiger partial charge in [-0.1, -0.05) is 48.0 Å². The summed E-state index contributed by atoms with van der Waals surface area (Å²) >= 11 is 6.10. The third kappa shape index (κ3) is 4.74. The smallest absolute Gasteiger partial charge is 0.255 e. The van der Waals surface area contributed by atoms with Crippen LogP contribution in [0.1, 0.15) is 10.4 Å². The van der Waals surface area contributed by atoms with E-state index in [1.807, 2.05) is 30.3 Å². The fourth-order valence-electron chi connectivity index (χ4n) is 3.53. The Labute approximate surface area is 187 Å². The van der Waals surface area contributed by atoms with Gasteiger partial charge in [0, 0.05) is 37.4 Å². The summed E-state index contributed by atoms with van der Waals surface area (Å²) in [6, 6.07) is 22.9. The van der Waals surface area contributed by atoms with Gasteiger partial charge < -0.3 is 10.2 Å². The molecule has 0 aliphatic carbocycles. The molecule has 0 bridgehead atoms. The first kappa shape index (κ1) is 21.4. The maximum Gasteiger partial charge on any atom is 0.255 e. The van der Waals surface area contributed by atoms with Crippen LogP contribution < -0.4 is 10.2 Å². The summed E-state index contributed by atoms with van der Waals surface area (Å²) in [7, 11) is -3.70. The Balaban J connectivity index is 1.48. The first-order valence-electron chi connectivity index (χ1n) is 9.91. The van der Waals surface area contributed by atoms with Gasteiger partial charge in [0.25, 0.3) is 5.91 Å². The van der Waals surface area contributed by atoms with Gasteiger partial charge in [0.15, 0.2) is 0 Å². The summed E-state index contributed by atoms with van der Waals surface area (Å²) in [5.41, 5.74) is 1.81. The van der Waals surface area contributed by atoms with Gasteiger partial charge >= 0.3 is 0 Å². The van der Waals surface area contributed by atoms with Crippen molar-refractivity contribution in [2.75, 3.05) is 36.4 Å². The number of nitrogens with one attached hydrogen (secondary N) is 1. The summed E-state index contributed by atoms with van der Waals surface area (Å²) in [6.07, 6.45) is 0. The number of amides is 1. The SMILES string of the molecule is O=C(Nc1ccccc1Cl)c1cccc(S(=O)(=O)N2CCN(c3ccccc3)CC2)c1. The van der Waals surface area contributed by atoms with E-state index in [2.05, 4.69) is 10.2 Å². The molecule has 3 aromatic carbocycles. The minimum absolute atomic E-state index is 0.104. The van der Waals surface area contributed by atoms with E-state index in [0.717, 1.165) is 5.69 Å². The van der Waals surface area contributed by atoms with Crippen LogP contribution in [0.25, 0.3) is 0 Å². The first-order valence-corrected chi connectivity index (χ1v) is 11.7. The zero-order valence-electron chi connectivity index (χ0n) is 16.7. The molecule has 3 aromatic rings. The Kier molecular flexibility index (Phi) is 6.27. The maximum absolute atomic E-state index is 13.2. The van der Waals surface area contributed by atoms with E-state index in [4.69, 9.17) is 11.6 Å². The quantitative estimate of drug-likeness (QED) is 0.628. The Bertz CT molecular complexity index is 1180. The zero-order chi connectivity index (χ0) is 21.8. The number of rotatable bonds is 5. The minimum atomic E-state index is -3.70. The van der Waals surface area contributed by atoms with E-state index >= 15 is 0 Å². The standard InChI is InChI=1S/C23H22ClN3O3S/c24-21-11-4-5-12-22(21)25-23(28)18-7-6-10-20(17-18)31(29,30)27-15-13-26(14-16-27)19-8-2-1-3-9-19/h1-12,17H,13-16H2,(H,25,28). The molecule has 160 valence electrons. The highest BCUT2D eigenvalue weighted by molar-refractivity contribution is 7.89. The molecule has 1 aliphatic rings. The van der Waals surface area contributed by atoms with Crippen LogP contribution in [0.5, 0.6) is 0 Å². The molecule has 0 unspecified atom stereocenters. The molecule has 1 aliphatic heterocycles. The van der Waals surface area contributed by atoms with E-state index in [1.165, 1.54) is 16.4 Å². The largest absolute Gasteiger partial charge is 0.369 e. The van der Waals surface area contributed by atoms with Gasteiger partial charge in [-0.15, -0.1) is 0 Å². The highest BCUT2D eigenvalue weighted by atomic mass is 35.5. The number of hydrogen-bond acceptors (Lipinski definition) is 4. The molecule has 1 heterocycles. The van der Waals surface area contributed by atoms with Gasteiger partial charge in [0.05, 0.1) is 15.6 Å². The second-order valence-electron chi connectivity index (χ2n) is 7.19. The monoisotopic (exact) mass is 455 g/mol. The molecule has 31 heavy (non-hydrogen) atoms. The van der Waals surface area contributed by atoms with Gasteiger partial charge in [0.1, 0.15) is 0 Å². The Hall–Kier alpha value is -2.87. The average Bonchev–Trinajstić information content (AvgIpc) is 2.81. The number of piperazine rings is 1. The van der Waals surface area contributed by atoms with E-state index in [-0.39, 0.29) is 10.5 Å². The van der Waals surface area contributed by atoms with Gasteiger partial charge in [-0.25, -0.2) is 8.42 Å². The zero-order valence-corrected chi connectivity index (χ0v) is 18.3. The lowest BCUT2D eigenvalue weighted by Crippen LogP contribution is -2.48.